The van der Waals surface area contributed by atoms with Crippen molar-refractivity contribution in [2.24, 2.45) is 5.92 Å². The Bertz CT molecular complexity index is 3890. The molecule has 0 amide bonds. The van der Waals surface area contributed by atoms with Crippen LogP contribution in [-0.4, -0.2) is 24.1 Å². The smallest absolute Gasteiger partial charge is 0.167 e. The minimum atomic E-state index is 0.404. The minimum Gasteiger partial charge on any atom is -0.455 e. The zero-order chi connectivity index (χ0) is 42.3. The highest BCUT2D eigenvalue weighted by Gasteiger charge is 2.22. The molecule has 1 atom stereocenters. The average molecular weight is 822 g/mol. The van der Waals surface area contributed by atoms with Crippen molar-refractivity contribution in [3.05, 3.63) is 206 Å². The highest BCUT2D eigenvalue weighted by molar-refractivity contribution is 6.16. The third kappa shape index (κ3) is 5.69. The van der Waals surface area contributed by atoms with Gasteiger partial charge in [-0.25, -0.2) is 15.0 Å². The second kappa shape index (κ2) is 14.4. The number of benzene rings is 8. The van der Waals surface area contributed by atoms with Crippen LogP contribution in [0, 0.1) is 5.92 Å². The lowest BCUT2D eigenvalue weighted by Gasteiger charge is -2.14. The molecule has 1 aliphatic rings. The second-order valence-corrected chi connectivity index (χ2v) is 16.9. The van der Waals surface area contributed by atoms with Crippen molar-refractivity contribution < 1.29 is 4.42 Å². The molecule has 1 aliphatic carbocycles. The number of para-hydroxylation sites is 5. The molecule has 1 unspecified atom stereocenters. The van der Waals surface area contributed by atoms with E-state index in [2.05, 4.69) is 186 Å². The number of hydrogen-bond donors (Lipinski definition) is 0. The summed E-state index contributed by atoms with van der Waals surface area (Å²) in [5.74, 6) is 2.29. The molecule has 0 radical (unpaired) electrons. The number of hydrogen-bond acceptors (Lipinski definition) is 4. The summed E-state index contributed by atoms with van der Waals surface area (Å²) in [6.45, 7) is 2.22. The van der Waals surface area contributed by atoms with Crippen molar-refractivity contribution in [3.8, 4) is 45.3 Å². The summed E-state index contributed by atoms with van der Waals surface area (Å²) in [7, 11) is 0. The van der Waals surface area contributed by atoms with E-state index in [-0.39, 0.29) is 0 Å². The van der Waals surface area contributed by atoms with Crippen LogP contribution < -0.4 is 0 Å². The molecular formula is C58H39N5O. The van der Waals surface area contributed by atoms with E-state index in [9.17, 15) is 0 Å². The van der Waals surface area contributed by atoms with Gasteiger partial charge in [-0.15, -0.1) is 0 Å². The van der Waals surface area contributed by atoms with Gasteiger partial charge in [-0.05, 0) is 84.1 Å². The Morgan fingerprint density at radius 2 is 1.11 bits per heavy atom. The van der Waals surface area contributed by atoms with Crippen LogP contribution in [0.25, 0.3) is 116 Å². The topological polar surface area (TPSA) is 61.7 Å². The molecule has 6 heteroatoms. The lowest BCUT2D eigenvalue weighted by Crippen LogP contribution is -2.04. The maximum Gasteiger partial charge on any atom is 0.167 e. The van der Waals surface area contributed by atoms with Gasteiger partial charge in [0.1, 0.15) is 11.2 Å². The lowest BCUT2D eigenvalue weighted by atomic mass is 9.97. The molecule has 302 valence electrons. The number of aromatic nitrogens is 5. The molecule has 0 aliphatic heterocycles. The summed E-state index contributed by atoms with van der Waals surface area (Å²) in [6.07, 6.45) is 7.58. The first-order valence-electron chi connectivity index (χ1n) is 21.9. The molecule has 0 saturated heterocycles. The van der Waals surface area contributed by atoms with Gasteiger partial charge in [0.05, 0.1) is 33.3 Å². The Labute approximate surface area is 368 Å². The van der Waals surface area contributed by atoms with Gasteiger partial charge in [0.25, 0.3) is 0 Å². The van der Waals surface area contributed by atoms with E-state index in [0.717, 1.165) is 78.6 Å². The zero-order valence-corrected chi connectivity index (χ0v) is 35.0. The monoisotopic (exact) mass is 821 g/mol. The molecule has 6 nitrogen and oxygen atoms in total. The number of rotatable bonds is 6. The Morgan fingerprint density at radius 3 is 1.92 bits per heavy atom. The Kier molecular flexibility index (Phi) is 8.15. The Morgan fingerprint density at radius 1 is 0.484 bits per heavy atom. The second-order valence-electron chi connectivity index (χ2n) is 16.9. The minimum absolute atomic E-state index is 0.404. The SMILES string of the molecule is CC1C=C(c2nc(-c3ccccc3)nc(-c3cccc4c3oc3ccc(-c5ccc6c(c5)c5ccccc5n6-c5cccc6c7ccccc7n(-c7ccccc7)c56)cc34)n2)C=CC1. The molecule has 8 aromatic carbocycles. The number of fused-ring (bicyclic) bond motifs is 9. The van der Waals surface area contributed by atoms with Crippen molar-refractivity contribution in [2.45, 2.75) is 13.3 Å². The van der Waals surface area contributed by atoms with Gasteiger partial charge >= 0.3 is 0 Å². The van der Waals surface area contributed by atoms with Crippen LogP contribution in [0.4, 0.5) is 0 Å². The van der Waals surface area contributed by atoms with Crippen LogP contribution in [0.3, 0.4) is 0 Å². The fraction of sp³-hybridized carbons (Fsp3) is 0.0517. The molecule has 13 rings (SSSR count). The van der Waals surface area contributed by atoms with Crippen molar-refractivity contribution >= 4 is 71.1 Å². The molecule has 64 heavy (non-hydrogen) atoms. The summed E-state index contributed by atoms with van der Waals surface area (Å²) in [5, 5.41) is 6.93. The van der Waals surface area contributed by atoms with E-state index in [0.29, 0.717) is 23.4 Å². The first-order valence-corrected chi connectivity index (χ1v) is 21.9. The molecule has 0 saturated carbocycles. The largest absolute Gasteiger partial charge is 0.455 e. The van der Waals surface area contributed by atoms with Crippen LogP contribution >= 0.6 is 0 Å². The first-order chi connectivity index (χ1) is 31.6. The van der Waals surface area contributed by atoms with Crippen LogP contribution in [-0.2, 0) is 0 Å². The molecule has 0 fully saturated rings. The molecule has 0 spiro atoms. The Hall–Kier alpha value is -8.35. The summed E-state index contributed by atoms with van der Waals surface area (Å²) >= 11 is 0. The van der Waals surface area contributed by atoms with Gasteiger partial charge in [-0.2, -0.15) is 0 Å². The van der Waals surface area contributed by atoms with Gasteiger partial charge in [0.15, 0.2) is 17.5 Å². The van der Waals surface area contributed by atoms with Crippen LogP contribution in [0.5, 0.6) is 0 Å². The van der Waals surface area contributed by atoms with E-state index >= 15 is 0 Å². The van der Waals surface area contributed by atoms with Gasteiger partial charge in [0.2, 0.25) is 0 Å². The number of allylic oxidation sites excluding steroid dienone is 4. The third-order valence-corrected chi connectivity index (χ3v) is 12.9. The average Bonchev–Trinajstić information content (AvgIpc) is 4.02. The summed E-state index contributed by atoms with van der Waals surface area (Å²) in [5.41, 5.74) is 13.6. The zero-order valence-electron chi connectivity index (χ0n) is 35.0. The quantitative estimate of drug-likeness (QED) is 0.168. The predicted molar refractivity (Wildman–Crippen MR) is 263 cm³/mol. The normalized spacial score (nSPS) is 14.1. The molecule has 0 bridgehead atoms. The molecule has 12 aromatic rings. The fourth-order valence-corrected chi connectivity index (χ4v) is 9.92. The number of nitrogens with zero attached hydrogens (tertiary/aromatic N) is 5. The van der Waals surface area contributed by atoms with Crippen molar-refractivity contribution in [1.29, 1.82) is 0 Å². The highest BCUT2D eigenvalue weighted by Crippen LogP contribution is 2.42. The number of furan rings is 1. The highest BCUT2D eigenvalue weighted by atomic mass is 16.3. The maximum absolute atomic E-state index is 6.72. The third-order valence-electron chi connectivity index (χ3n) is 12.9. The molecule has 4 aromatic heterocycles. The predicted octanol–water partition coefficient (Wildman–Crippen LogP) is 14.9. The summed E-state index contributed by atoms with van der Waals surface area (Å²) in [6, 6.07) is 64.7. The summed E-state index contributed by atoms with van der Waals surface area (Å²) < 4.78 is 11.6. The maximum atomic E-state index is 6.72. The van der Waals surface area contributed by atoms with Gasteiger partial charge in [-0.1, -0.05) is 146 Å². The standard InChI is InChI=1S/C58H39N5O/c1-36-15-12-18-40(33-36)57-59-56(37-16-4-2-5-17-37)60-58(61-57)46-25-13-24-45-48-35-39(30-32-53(48)64-55(45)46)38-29-31-51-47(34-38)43-22-9-11-27-50(43)63(51)52-28-14-23-44-42-21-8-10-26-49(42)62(54(44)52)41-19-6-3-7-20-41/h2-14,16-36H,15H2,1H3. The lowest BCUT2D eigenvalue weighted by molar-refractivity contribution is 0.669. The van der Waals surface area contributed by atoms with E-state index in [1.807, 2.05) is 30.3 Å². The van der Waals surface area contributed by atoms with Gasteiger partial charge < -0.3 is 13.6 Å². The van der Waals surface area contributed by atoms with E-state index < -0.39 is 0 Å². The molecular weight excluding hydrogens is 783 g/mol. The Balaban J connectivity index is 0.963. The fourth-order valence-electron chi connectivity index (χ4n) is 9.92. The van der Waals surface area contributed by atoms with E-state index in [1.54, 1.807) is 0 Å². The molecule has 4 heterocycles. The first kappa shape index (κ1) is 36.3. The van der Waals surface area contributed by atoms with Crippen molar-refractivity contribution in [3.63, 3.8) is 0 Å². The summed E-state index contributed by atoms with van der Waals surface area (Å²) in [4.78, 5) is 15.1. The van der Waals surface area contributed by atoms with Crippen molar-refractivity contribution in [2.75, 3.05) is 0 Å². The van der Waals surface area contributed by atoms with E-state index in [1.165, 1.54) is 32.6 Å². The van der Waals surface area contributed by atoms with Crippen LogP contribution in [0.1, 0.15) is 19.2 Å². The van der Waals surface area contributed by atoms with Crippen molar-refractivity contribution in [1.82, 2.24) is 24.1 Å². The van der Waals surface area contributed by atoms with E-state index in [4.69, 9.17) is 19.4 Å². The molecule has 0 N–H and O–H groups in total. The van der Waals surface area contributed by atoms with Gasteiger partial charge in [-0.3, -0.25) is 0 Å². The van der Waals surface area contributed by atoms with Gasteiger partial charge in [0, 0.05) is 49.1 Å². The van der Waals surface area contributed by atoms with Crippen LogP contribution in [0.2, 0.25) is 0 Å². The van der Waals surface area contributed by atoms with Crippen LogP contribution in [0.15, 0.2) is 205 Å².